The third-order valence-electron chi connectivity index (χ3n) is 18.7. The highest BCUT2D eigenvalue weighted by molar-refractivity contribution is 5.38. The van der Waals surface area contributed by atoms with Gasteiger partial charge in [-0.2, -0.15) is 0 Å². The Balaban J connectivity index is 0.000000187. The summed E-state index contributed by atoms with van der Waals surface area (Å²) in [5.41, 5.74) is 66.3. The maximum absolute atomic E-state index is 9.52. The van der Waals surface area contributed by atoms with E-state index in [2.05, 4.69) is 41.0 Å². The molecular formula is C87H115N11O7. The lowest BCUT2D eigenvalue weighted by Crippen LogP contribution is -2.31. The zero-order valence-electron chi connectivity index (χ0n) is 60.7. The summed E-state index contributed by atoms with van der Waals surface area (Å²) < 4.78 is 0. The van der Waals surface area contributed by atoms with Crippen molar-refractivity contribution in [3.63, 3.8) is 0 Å². The molecule has 1 fully saturated rings. The van der Waals surface area contributed by atoms with Gasteiger partial charge in [0.15, 0.2) is 0 Å². The Morgan fingerprint density at radius 2 is 0.800 bits per heavy atom. The van der Waals surface area contributed by atoms with Crippen molar-refractivity contribution in [1.82, 2.24) is 10.6 Å². The Labute approximate surface area is 622 Å². The van der Waals surface area contributed by atoms with Crippen LogP contribution in [-0.2, 0) is 19.3 Å². The molecule has 1 saturated heterocycles. The van der Waals surface area contributed by atoms with Gasteiger partial charge >= 0.3 is 0 Å². The number of aliphatic hydroxyl groups is 7. The summed E-state index contributed by atoms with van der Waals surface area (Å²) in [6.45, 7) is 3.47. The zero-order valence-corrected chi connectivity index (χ0v) is 60.7. The number of fused-ring (bicyclic) bond motifs is 3. The molecule has 0 saturated carbocycles. The van der Waals surface area contributed by atoms with Gasteiger partial charge in [0.05, 0.1) is 67.9 Å². The highest BCUT2D eigenvalue weighted by Gasteiger charge is 2.29. The molecule has 1 aliphatic heterocycles. The molecule has 560 valence electrons. The van der Waals surface area contributed by atoms with Gasteiger partial charge in [-0.3, -0.25) is 0 Å². The van der Waals surface area contributed by atoms with Gasteiger partial charge in [0, 0.05) is 49.2 Å². The average molecular weight is 1430 g/mol. The number of rotatable bonds is 14. The Bertz CT molecular complexity index is 3730. The van der Waals surface area contributed by atoms with Gasteiger partial charge in [0.2, 0.25) is 0 Å². The summed E-state index contributed by atoms with van der Waals surface area (Å²) >= 11 is 0. The normalized spacial score (nSPS) is 19.9. The van der Waals surface area contributed by atoms with Crippen LogP contribution < -0.4 is 62.2 Å². The molecule has 0 spiro atoms. The van der Waals surface area contributed by atoms with Crippen LogP contribution in [0.4, 0.5) is 0 Å². The molecule has 0 aromatic heterocycles. The molecule has 10 aromatic carbocycles. The van der Waals surface area contributed by atoms with Gasteiger partial charge in [-0.15, -0.1) is 0 Å². The second-order valence-corrected chi connectivity index (χ2v) is 26.4. The first-order valence-corrected chi connectivity index (χ1v) is 36.2. The summed E-state index contributed by atoms with van der Waals surface area (Å²) in [5, 5.41) is 70.7. The molecule has 0 amide bonds. The van der Waals surface area contributed by atoms with E-state index in [1.165, 1.54) is 28.7 Å². The van der Waals surface area contributed by atoms with E-state index in [1.54, 1.807) is 6.92 Å². The van der Waals surface area contributed by atoms with Crippen LogP contribution in [-0.4, -0.2) is 99.4 Å². The van der Waals surface area contributed by atoms with Gasteiger partial charge in [-0.1, -0.05) is 285 Å². The fourth-order valence-electron chi connectivity index (χ4n) is 12.3. The molecule has 0 bridgehead atoms. The van der Waals surface area contributed by atoms with Crippen LogP contribution in [0.3, 0.4) is 0 Å². The van der Waals surface area contributed by atoms with Gasteiger partial charge in [0.25, 0.3) is 0 Å². The summed E-state index contributed by atoms with van der Waals surface area (Å²) in [5.74, 6) is 0. The van der Waals surface area contributed by atoms with Crippen LogP contribution in [0, 0.1) is 0 Å². The summed E-state index contributed by atoms with van der Waals surface area (Å²) in [7, 11) is 1.94. The minimum Gasteiger partial charge on any atom is -0.395 e. The number of aryl methyl sites for hydroxylation is 1. The van der Waals surface area contributed by atoms with Gasteiger partial charge in [-0.05, 0) is 125 Å². The molecule has 15 unspecified atom stereocenters. The van der Waals surface area contributed by atoms with Crippen molar-refractivity contribution < 1.29 is 35.7 Å². The third kappa shape index (κ3) is 28.0. The van der Waals surface area contributed by atoms with Gasteiger partial charge in [0.1, 0.15) is 0 Å². The summed E-state index contributed by atoms with van der Waals surface area (Å²) in [6, 6.07) is 91.9. The minimum atomic E-state index is -0.545. The predicted octanol–water partition coefficient (Wildman–Crippen LogP) is 9.39. The number of benzene rings is 10. The van der Waals surface area contributed by atoms with Crippen molar-refractivity contribution in [2.75, 3.05) is 33.4 Å². The largest absolute Gasteiger partial charge is 0.395 e. The Morgan fingerprint density at radius 3 is 1.19 bits per heavy atom. The molecule has 4 aliphatic rings. The number of likely N-dealkylation sites (N-methyl/N-ethyl adjacent to an activating group) is 1. The molecule has 18 heteroatoms. The van der Waals surface area contributed by atoms with Crippen LogP contribution in [0.5, 0.6) is 0 Å². The van der Waals surface area contributed by atoms with E-state index in [0.29, 0.717) is 19.1 Å². The Kier molecular flexibility index (Phi) is 38.3. The van der Waals surface area contributed by atoms with Crippen molar-refractivity contribution in [3.8, 4) is 0 Å². The van der Waals surface area contributed by atoms with Crippen molar-refractivity contribution in [1.29, 1.82) is 0 Å². The maximum atomic E-state index is 9.52. The van der Waals surface area contributed by atoms with E-state index >= 15 is 0 Å². The SMILES string of the molecule is CC(N)C(O)c1ccccc1.CNC(c1ccccc1)C(N)c1ccccc1.NC(CO)c1ccccc1.NC(c1ccccc1)C(N)c1ccccc1.NC1Cc2ccccc2C1O.NC1c2ccccc2CC1O.NC1c2ccccc2CCC1O.NCC(O)c1ccccc1.OCC1CCCN1. The van der Waals surface area contributed by atoms with E-state index in [-0.39, 0.29) is 79.7 Å². The highest BCUT2D eigenvalue weighted by Crippen LogP contribution is 2.32. The average Bonchev–Trinajstić information content (AvgIpc) is 1.26. The first-order valence-electron chi connectivity index (χ1n) is 36.2. The van der Waals surface area contributed by atoms with Gasteiger partial charge in [-0.25, -0.2) is 0 Å². The molecule has 105 heavy (non-hydrogen) atoms. The molecule has 1 heterocycles. The zero-order chi connectivity index (χ0) is 75.9. The topological polar surface area (TPSA) is 400 Å². The van der Waals surface area contributed by atoms with Crippen molar-refractivity contribution in [2.24, 2.45) is 51.6 Å². The minimum absolute atomic E-state index is 0.00398. The fraction of sp³-hybridized carbons (Fsp3) is 0.310. The lowest BCUT2D eigenvalue weighted by molar-refractivity contribution is 0.128. The van der Waals surface area contributed by atoms with E-state index in [0.717, 1.165) is 82.3 Å². The molecule has 14 rings (SSSR count). The van der Waals surface area contributed by atoms with Crippen LogP contribution >= 0.6 is 0 Å². The van der Waals surface area contributed by atoms with Crippen molar-refractivity contribution in [3.05, 3.63) is 357 Å². The predicted molar refractivity (Wildman–Crippen MR) is 426 cm³/mol. The second kappa shape index (κ2) is 47.1. The lowest BCUT2D eigenvalue weighted by atomic mass is 9.86. The smallest absolute Gasteiger partial charge is 0.0946 e. The van der Waals surface area contributed by atoms with E-state index in [1.807, 2.05) is 262 Å². The van der Waals surface area contributed by atoms with E-state index < -0.39 is 18.3 Å². The van der Waals surface area contributed by atoms with Crippen LogP contribution in [0.2, 0.25) is 0 Å². The molecular weight excluding hydrogens is 1310 g/mol. The van der Waals surface area contributed by atoms with E-state index in [4.69, 9.17) is 61.8 Å². The molecule has 10 aromatic rings. The van der Waals surface area contributed by atoms with Crippen LogP contribution in [0.1, 0.15) is 159 Å². The number of hydrogen-bond acceptors (Lipinski definition) is 18. The maximum Gasteiger partial charge on any atom is 0.0946 e. The molecule has 0 radical (unpaired) electrons. The summed E-state index contributed by atoms with van der Waals surface area (Å²) in [4.78, 5) is 0. The monoisotopic (exact) mass is 1430 g/mol. The molecule has 3 aliphatic carbocycles. The van der Waals surface area contributed by atoms with Crippen molar-refractivity contribution in [2.45, 2.75) is 136 Å². The number of nitrogens with two attached hydrogens (primary N) is 9. The lowest BCUT2D eigenvalue weighted by Gasteiger charge is -2.26. The first kappa shape index (κ1) is 85.4. The molecule has 27 N–H and O–H groups in total. The Morgan fingerprint density at radius 1 is 0.429 bits per heavy atom. The molecule has 18 nitrogen and oxygen atoms in total. The van der Waals surface area contributed by atoms with Crippen molar-refractivity contribution >= 4 is 0 Å². The quantitative estimate of drug-likeness (QED) is 0.0482. The van der Waals surface area contributed by atoms with E-state index in [9.17, 15) is 25.5 Å². The standard InChI is InChI=1S/C15H18N2.C14H16N2.C10H13NO.2C9H11NO.C9H13NO.2C8H11NO.C5H11NO/c1-17-15(13-10-6-3-7-11-13)14(16)12-8-4-2-5-9-12;15-13(11-7-3-1-4-8-11)14(16)12-9-5-2-6-10-12;11-10-8-4-2-1-3-7(8)5-6-9(10)12;10-9-7-4-2-1-3-6(7)5-8(9)11;10-8-5-6-3-1-2-4-7(6)9(8)11;1-7(10)9(11)8-5-3-2-4-6-8;9-8(6-10)7-4-2-1-3-5-7;9-6-8(10)7-4-2-1-3-5-7;7-4-5-2-1-3-6-5/h2-11,14-15,17H,16H2,1H3;1-10,13-14H,15-16H2;1-4,9-10,12H,5-6,11H2;2*1-4,8-9,11H,5,10H2;2-7,9,11H,10H2,1H3;2*1-5,8,10H,6,9H2;5-7H,1-4H2. The number of hydrogen-bond donors (Lipinski definition) is 18. The molecule has 15 atom stereocenters. The van der Waals surface area contributed by atoms with Gasteiger partial charge < -0.3 is 98.0 Å². The number of nitrogens with one attached hydrogen (secondary N) is 2. The second-order valence-electron chi connectivity index (χ2n) is 26.4. The highest BCUT2D eigenvalue weighted by atomic mass is 16.3. The fourth-order valence-corrected chi connectivity index (χ4v) is 12.3. The van der Waals surface area contributed by atoms with Crippen LogP contribution in [0.15, 0.2) is 285 Å². The van der Waals surface area contributed by atoms with Crippen LogP contribution in [0.25, 0.3) is 0 Å². The summed E-state index contributed by atoms with van der Waals surface area (Å²) in [6.07, 6.45) is 3.37. The number of aliphatic hydroxyl groups excluding tert-OH is 7. The first-order chi connectivity index (χ1) is 50.8. The Hall–Kier alpha value is -8.52. The third-order valence-corrected chi connectivity index (χ3v) is 18.7.